The Balaban J connectivity index is 2.07. The minimum atomic E-state index is -1.10. The van der Waals surface area contributed by atoms with Gasteiger partial charge in [-0.3, -0.25) is 4.79 Å². The Morgan fingerprint density at radius 3 is 2.56 bits per heavy atom. The highest BCUT2D eigenvalue weighted by Gasteiger charge is 2.50. The summed E-state index contributed by atoms with van der Waals surface area (Å²) in [7, 11) is 0. The Bertz CT molecular complexity index is 359. The third kappa shape index (κ3) is 2.36. The molecule has 0 radical (unpaired) electrons. The van der Waals surface area contributed by atoms with E-state index in [2.05, 4.69) is 10.6 Å². The Morgan fingerprint density at radius 2 is 2.11 bits per heavy atom. The van der Waals surface area contributed by atoms with Crippen LogP contribution in [0.3, 0.4) is 0 Å². The number of nitrogens with one attached hydrogen (secondary N) is 2. The van der Waals surface area contributed by atoms with Gasteiger partial charge in [-0.05, 0) is 52.0 Å². The van der Waals surface area contributed by atoms with Crippen LogP contribution in [-0.4, -0.2) is 35.6 Å². The van der Waals surface area contributed by atoms with Crippen LogP contribution in [0.25, 0.3) is 0 Å². The summed E-state index contributed by atoms with van der Waals surface area (Å²) in [4.78, 5) is 23.8. The van der Waals surface area contributed by atoms with Crippen LogP contribution in [0, 0.1) is 11.3 Å². The fraction of sp³-hybridized carbons (Fsp3) is 0.846. The first-order valence-electron chi connectivity index (χ1n) is 6.65. The van der Waals surface area contributed by atoms with E-state index in [1.165, 1.54) is 0 Å². The van der Waals surface area contributed by atoms with Gasteiger partial charge in [0.15, 0.2) is 0 Å². The molecule has 1 saturated heterocycles. The molecule has 18 heavy (non-hydrogen) atoms. The van der Waals surface area contributed by atoms with Crippen molar-refractivity contribution in [3.63, 3.8) is 0 Å². The maximum absolute atomic E-state index is 12.4. The summed E-state index contributed by atoms with van der Waals surface area (Å²) in [6, 6.07) is 0. The highest BCUT2D eigenvalue weighted by molar-refractivity contribution is 5.90. The SMILES string of the molecule is CC1(C(=O)NC(C)(C(=O)O)C2CC2)CCCNC1. The van der Waals surface area contributed by atoms with Crippen molar-refractivity contribution < 1.29 is 14.7 Å². The van der Waals surface area contributed by atoms with Crippen LogP contribution in [0.1, 0.15) is 39.5 Å². The van der Waals surface area contributed by atoms with Crippen LogP contribution in [-0.2, 0) is 9.59 Å². The zero-order valence-electron chi connectivity index (χ0n) is 11.1. The molecule has 102 valence electrons. The standard InChI is InChI=1S/C13H22N2O3/c1-12(6-3-7-14-8-12)10(16)15-13(2,11(17)18)9-4-5-9/h9,14H,3-8H2,1-2H3,(H,15,16)(H,17,18). The number of aliphatic carboxylic acids is 1. The molecule has 0 aromatic rings. The number of carbonyl (C=O) groups is 2. The summed E-state index contributed by atoms with van der Waals surface area (Å²) in [5.41, 5.74) is -1.58. The smallest absolute Gasteiger partial charge is 0.329 e. The van der Waals surface area contributed by atoms with E-state index < -0.39 is 16.9 Å². The Labute approximate surface area is 107 Å². The molecule has 5 nitrogen and oxygen atoms in total. The fourth-order valence-electron chi connectivity index (χ4n) is 2.63. The maximum Gasteiger partial charge on any atom is 0.329 e. The number of hydrogen-bond donors (Lipinski definition) is 3. The van der Waals surface area contributed by atoms with E-state index in [4.69, 9.17) is 0 Å². The van der Waals surface area contributed by atoms with Crippen LogP contribution in [0.4, 0.5) is 0 Å². The van der Waals surface area contributed by atoms with Gasteiger partial charge >= 0.3 is 5.97 Å². The normalized spacial score (nSPS) is 31.4. The molecule has 2 fully saturated rings. The Kier molecular flexibility index (Phi) is 3.36. The lowest BCUT2D eigenvalue weighted by atomic mass is 9.80. The molecule has 0 aromatic heterocycles. The van der Waals surface area contributed by atoms with Crippen LogP contribution in [0.2, 0.25) is 0 Å². The predicted octanol–water partition coefficient (Wildman–Crippen LogP) is 0.746. The number of carbonyl (C=O) groups excluding carboxylic acids is 1. The van der Waals surface area contributed by atoms with Crippen LogP contribution in [0.5, 0.6) is 0 Å². The number of amides is 1. The van der Waals surface area contributed by atoms with E-state index in [0.717, 1.165) is 32.2 Å². The first kappa shape index (κ1) is 13.3. The number of rotatable bonds is 4. The highest BCUT2D eigenvalue weighted by atomic mass is 16.4. The molecular formula is C13H22N2O3. The summed E-state index contributed by atoms with van der Waals surface area (Å²) in [6.07, 6.45) is 3.54. The largest absolute Gasteiger partial charge is 0.480 e. The van der Waals surface area contributed by atoms with Crippen molar-refractivity contribution in [3.8, 4) is 0 Å². The topological polar surface area (TPSA) is 78.4 Å². The summed E-state index contributed by atoms with van der Waals surface area (Å²) in [5.74, 6) is -0.976. The van der Waals surface area contributed by atoms with Crippen molar-refractivity contribution in [2.75, 3.05) is 13.1 Å². The lowest BCUT2D eigenvalue weighted by Crippen LogP contribution is -2.59. The van der Waals surface area contributed by atoms with E-state index in [1.807, 2.05) is 6.92 Å². The summed E-state index contributed by atoms with van der Waals surface area (Å²) in [5, 5.41) is 15.3. The van der Waals surface area contributed by atoms with E-state index in [0.29, 0.717) is 6.54 Å². The fourth-order valence-corrected chi connectivity index (χ4v) is 2.63. The number of carboxylic acid groups (broad SMARTS) is 1. The Hall–Kier alpha value is -1.10. The summed E-state index contributed by atoms with van der Waals surface area (Å²) < 4.78 is 0. The minimum Gasteiger partial charge on any atom is -0.480 e. The monoisotopic (exact) mass is 254 g/mol. The zero-order chi connectivity index (χ0) is 13.4. The zero-order valence-corrected chi connectivity index (χ0v) is 11.1. The molecule has 1 heterocycles. The first-order chi connectivity index (χ1) is 8.38. The molecule has 0 spiro atoms. The van der Waals surface area contributed by atoms with Crippen LogP contribution >= 0.6 is 0 Å². The van der Waals surface area contributed by atoms with Crippen molar-refractivity contribution >= 4 is 11.9 Å². The van der Waals surface area contributed by atoms with Crippen molar-refractivity contribution in [2.45, 2.75) is 45.1 Å². The maximum atomic E-state index is 12.4. The predicted molar refractivity (Wildman–Crippen MR) is 67.1 cm³/mol. The minimum absolute atomic E-state index is 0.0825. The lowest BCUT2D eigenvalue weighted by molar-refractivity contribution is -0.150. The van der Waals surface area contributed by atoms with E-state index >= 15 is 0 Å². The molecule has 1 aliphatic heterocycles. The van der Waals surface area contributed by atoms with Gasteiger partial charge in [-0.2, -0.15) is 0 Å². The van der Waals surface area contributed by atoms with Gasteiger partial charge in [-0.25, -0.2) is 4.79 Å². The number of carboxylic acids is 1. The second kappa shape index (κ2) is 4.53. The van der Waals surface area contributed by atoms with Gasteiger partial charge in [-0.15, -0.1) is 0 Å². The van der Waals surface area contributed by atoms with E-state index in [9.17, 15) is 14.7 Å². The highest BCUT2D eigenvalue weighted by Crippen LogP contribution is 2.40. The van der Waals surface area contributed by atoms with Crippen LogP contribution < -0.4 is 10.6 Å². The quantitative estimate of drug-likeness (QED) is 0.691. The van der Waals surface area contributed by atoms with Crippen molar-refractivity contribution in [1.82, 2.24) is 10.6 Å². The van der Waals surface area contributed by atoms with Gasteiger partial charge in [0.25, 0.3) is 0 Å². The average molecular weight is 254 g/mol. The van der Waals surface area contributed by atoms with Gasteiger partial charge < -0.3 is 15.7 Å². The van der Waals surface area contributed by atoms with Gasteiger partial charge in [0.2, 0.25) is 5.91 Å². The third-order valence-electron chi connectivity index (χ3n) is 4.36. The first-order valence-corrected chi connectivity index (χ1v) is 6.65. The molecule has 2 rings (SSSR count). The molecule has 2 aliphatic rings. The van der Waals surface area contributed by atoms with Crippen molar-refractivity contribution in [3.05, 3.63) is 0 Å². The molecule has 3 N–H and O–H groups in total. The number of piperidine rings is 1. The Morgan fingerprint density at radius 1 is 1.44 bits per heavy atom. The molecule has 2 unspecified atom stereocenters. The third-order valence-corrected chi connectivity index (χ3v) is 4.36. The molecule has 0 aromatic carbocycles. The van der Waals surface area contributed by atoms with E-state index in [-0.39, 0.29) is 11.8 Å². The van der Waals surface area contributed by atoms with Gasteiger partial charge in [0.1, 0.15) is 5.54 Å². The molecule has 2 atom stereocenters. The molecule has 0 bridgehead atoms. The summed E-state index contributed by atoms with van der Waals surface area (Å²) in [6.45, 7) is 5.09. The summed E-state index contributed by atoms with van der Waals surface area (Å²) >= 11 is 0. The second-order valence-electron chi connectivity index (χ2n) is 6.08. The molecule has 1 amide bonds. The average Bonchev–Trinajstić information content (AvgIpc) is 3.13. The molecule has 1 saturated carbocycles. The molecule has 5 heteroatoms. The second-order valence-corrected chi connectivity index (χ2v) is 6.08. The van der Waals surface area contributed by atoms with Crippen LogP contribution in [0.15, 0.2) is 0 Å². The lowest BCUT2D eigenvalue weighted by Gasteiger charge is -2.36. The van der Waals surface area contributed by atoms with Gasteiger partial charge in [-0.1, -0.05) is 0 Å². The number of hydrogen-bond acceptors (Lipinski definition) is 3. The van der Waals surface area contributed by atoms with Gasteiger partial charge in [0, 0.05) is 6.54 Å². The molecule has 1 aliphatic carbocycles. The van der Waals surface area contributed by atoms with Crippen molar-refractivity contribution in [2.24, 2.45) is 11.3 Å². The molecular weight excluding hydrogens is 232 g/mol. The van der Waals surface area contributed by atoms with Crippen molar-refractivity contribution in [1.29, 1.82) is 0 Å². The van der Waals surface area contributed by atoms with E-state index in [1.54, 1.807) is 6.92 Å². The van der Waals surface area contributed by atoms with Gasteiger partial charge in [0.05, 0.1) is 5.41 Å².